The number of nitrogens with two attached hydrogens (primary N) is 1. The molecule has 0 radical (unpaired) electrons. The number of rotatable bonds is 6. The maximum Gasteiger partial charge on any atom is 0.251 e. The maximum atomic E-state index is 12.7. The van der Waals surface area contributed by atoms with Crippen LogP contribution in [0.3, 0.4) is 0 Å². The Morgan fingerprint density at radius 2 is 1.86 bits per heavy atom. The quantitative estimate of drug-likeness (QED) is 0.686. The van der Waals surface area contributed by atoms with E-state index in [1.165, 1.54) is 12.8 Å². The number of hydrogen-bond acceptors (Lipinski definition) is 4. The van der Waals surface area contributed by atoms with Crippen molar-refractivity contribution in [2.24, 2.45) is 0 Å². The van der Waals surface area contributed by atoms with Gasteiger partial charge in [-0.3, -0.25) is 9.69 Å². The molecule has 1 heterocycles. The van der Waals surface area contributed by atoms with E-state index in [1.54, 1.807) is 13.2 Å². The van der Waals surface area contributed by atoms with Crippen molar-refractivity contribution in [3.63, 3.8) is 0 Å². The first-order chi connectivity index (χ1) is 12.6. The number of likely N-dealkylation sites (tertiary alicyclic amines) is 1. The molecule has 1 atom stereocenters. The summed E-state index contributed by atoms with van der Waals surface area (Å²) in [5, 5.41) is 3.10. The van der Waals surface area contributed by atoms with Crippen molar-refractivity contribution in [1.29, 1.82) is 0 Å². The second kappa shape index (κ2) is 11.1. The largest absolute Gasteiger partial charge is 0.496 e. The van der Waals surface area contributed by atoms with Crippen molar-refractivity contribution in [1.82, 2.24) is 10.2 Å². The minimum absolute atomic E-state index is 0. The number of nitrogens with zero attached hydrogens (tertiary/aromatic N) is 1. The molecule has 0 bridgehead atoms. The summed E-state index contributed by atoms with van der Waals surface area (Å²) in [6.45, 7) is 4.53. The lowest BCUT2D eigenvalue weighted by atomic mass is 10.0. The molecule has 1 aliphatic heterocycles. The van der Waals surface area contributed by atoms with Crippen LogP contribution in [-0.2, 0) is 0 Å². The van der Waals surface area contributed by atoms with Gasteiger partial charge in [-0.25, -0.2) is 0 Å². The Bertz CT molecular complexity index is 780. The number of hydrogen-bond donors (Lipinski definition) is 2. The number of para-hydroxylation sites is 1. The number of anilines is 1. The number of carbonyl (C=O) groups excluding carboxylic acids is 1. The first-order valence-electron chi connectivity index (χ1n) is 9.11. The summed E-state index contributed by atoms with van der Waals surface area (Å²) in [7, 11) is 1.69. The Balaban J connectivity index is 0.00000196. The molecule has 1 aliphatic rings. The standard InChI is InChI=1S/C21H27N3O2.2ClH/c1-15-9-10-16(22)13-18(15)21(25)23-14-19(24-11-5-6-12-24)17-7-3-4-8-20(17)26-2;;/h3-4,7-10,13,19H,5-6,11-12,14,22H2,1-2H3,(H,23,25);2*1H. The second-order valence-electron chi connectivity index (χ2n) is 6.79. The van der Waals surface area contributed by atoms with E-state index in [2.05, 4.69) is 16.3 Å². The van der Waals surface area contributed by atoms with Gasteiger partial charge < -0.3 is 15.8 Å². The normalized spacial score (nSPS) is 14.5. The van der Waals surface area contributed by atoms with Gasteiger partial charge in [0.1, 0.15) is 5.75 Å². The maximum absolute atomic E-state index is 12.7. The van der Waals surface area contributed by atoms with E-state index in [4.69, 9.17) is 10.5 Å². The van der Waals surface area contributed by atoms with E-state index in [-0.39, 0.29) is 36.8 Å². The first-order valence-corrected chi connectivity index (χ1v) is 9.11. The topological polar surface area (TPSA) is 67.6 Å². The number of amides is 1. The van der Waals surface area contributed by atoms with Gasteiger partial charge in [0.15, 0.2) is 0 Å². The summed E-state index contributed by atoms with van der Waals surface area (Å²) < 4.78 is 5.56. The lowest BCUT2D eigenvalue weighted by molar-refractivity contribution is 0.0936. The van der Waals surface area contributed by atoms with Gasteiger partial charge >= 0.3 is 0 Å². The van der Waals surface area contributed by atoms with Gasteiger partial charge in [0, 0.05) is 23.4 Å². The van der Waals surface area contributed by atoms with E-state index in [9.17, 15) is 4.79 Å². The molecule has 1 saturated heterocycles. The summed E-state index contributed by atoms with van der Waals surface area (Å²) >= 11 is 0. The molecule has 3 N–H and O–H groups in total. The second-order valence-corrected chi connectivity index (χ2v) is 6.79. The number of methoxy groups -OCH3 is 1. The SMILES string of the molecule is COc1ccccc1C(CNC(=O)c1cc(N)ccc1C)N1CCCC1.Cl.Cl. The highest BCUT2D eigenvalue weighted by Gasteiger charge is 2.26. The van der Waals surface area contributed by atoms with Crippen LogP contribution in [0.1, 0.15) is 40.4 Å². The third-order valence-electron chi connectivity index (χ3n) is 5.04. The van der Waals surface area contributed by atoms with Crippen molar-refractivity contribution < 1.29 is 9.53 Å². The molecule has 7 heteroatoms. The van der Waals surface area contributed by atoms with Crippen LogP contribution in [0.15, 0.2) is 42.5 Å². The third kappa shape index (κ3) is 5.53. The van der Waals surface area contributed by atoms with Crippen LogP contribution < -0.4 is 15.8 Å². The monoisotopic (exact) mass is 425 g/mol. The van der Waals surface area contributed by atoms with Crippen molar-refractivity contribution in [3.8, 4) is 5.75 Å². The minimum atomic E-state index is -0.0890. The Morgan fingerprint density at radius 1 is 1.18 bits per heavy atom. The molecule has 5 nitrogen and oxygen atoms in total. The molecule has 154 valence electrons. The van der Waals surface area contributed by atoms with Crippen molar-refractivity contribution in [2.75, 3.05) is 32.5 Å². The van der Waals surface area contributed by atoms with Gasteiger partial charge in [-0.05, 0) is 56.6 Å². The zero-order valence-corrected chi connectivity index (χ0v) is 17.9. The molecule has 2 aromatic carbocycles. The number of carbonyl (C=O) groups is 1. The molecular weight excluding hydrogens is 397 g/mol. The Kier molecular flexibility index (Phi) is 9.59. The molecule has 2 aromatic rings. The number of nitrogen functional groups attached to an aromatic ring is 1. The van der Waals surface area contributed by atoms with Gasteiger partial charge in [-0.1, -0.05) is 24.3 Å². The number of aryl methyl sites for hydroxylation is 1. The third-order valence-corrected chi connectivity index (χ3v) is 5.04. The summed E-state index contributed by atoms with van der Waals surface area (Å²) in [5.41, 5.74) is 9.11. The molecule has 0 saturated carbocycles. The van der Waals surface area contributed by atoms with Gasteiger partial charge in [0.25, 0.3) is 5.91 Å². The Morgan fingerprint density at radius 3 is 2.54 bits per heavy atom. The van der Waals surface area contributed by atoms with Crippen LogP contribution in [0.25, 0.3) is 0 Å². The summed E-state index contributed by atoms with van der Waals surface area (Å²) in [6.07, 6.45) is 2.38. The van der Waals surface area contributed by atoms with Gasteiger partial charge in [0.05, 0.1) is 13.2 Å². The fourth-order valence-corrected chi connectivity index (χ4v) is 3.60. The zero-order chi connectivity index (χ0) is 18.5. The smallest absolute Gasteiger partial charge is 0.251 e. The Labute approximate surface area is 179 Å². The number of nitrogens with one attached hydrogen (secondary N) is 1. The average Bonchev–Trinajstić information content (AvgIpc) is 3.18. The molecule has 1 unspecified atom stereocenters. The lowest BCUT2D eigenvalue weighted by Gasteiger charge is -2.29. The van der Waals surface area contributed by atoms with E-state index >= 15 is 0 Å². The lowest BCUT2D eigenvalue weighted by Crippen LogP contribution is -2.37. The molecule has 1 amide bonds. The molecular formula is C21H29Cl2N3O2. The number of benzene rings is 2. The van der Waals surface area contributed by atoms with Crippen molar-refractivity contribution in [3.05, 3.63) is 59.2 Å². The highest BCUT2D eigenvalue weighted by Crippen LogP contribution is 2.31. The first kappa shape index (κ1) is 24.1. The predicted molar refractivity (Wildman–Crippen MR) is 119 cm³/mol. The van der Waals surface area contributed by atoms with Crippen LogP contribution in [0.4, 0.5) is 5.69 Å². The van der Waals surface area contributed by atoms with Gasteiger partial charge in [0.2, 0.25) is 0 Å². The zero-order valence-electron chi connectivity index (χ0n) is 16.3. The summed E-state index contributed by atoms with van der Waals surface area (Å²) in [5.74, 6) is 0.771. The fraction of sp³-hybridized carbons (Fsp3) is 0.381. The molecule has 28 heavy (non-hydrogen) atoms. The van der Waals surface area contributed by atoms with Crippen LogP contribution >= 0.6 is 24.8 Å². The Hall–Kier alpha value is -1.95. The molecule has 0 spiro atoms. The number of ether oxygens (including phenoxy) is 1. The molecule has 0 aliphatic carbocycles. The minimum Gasteiger partial charge on any atom is -0.496 e. The van der Waals surface area contributed by atoms with Crippen LogP contribution in [0.2, 0.25) is 0 Å². The fourth-order valence-electron chi connectivity index (χ4n) is 3.60. The highest BCUT2D eigenvalue weighted by atomic mass is 35.5. The predicted octanol–water partition coefficient (Wildman–Crippen LogP) is 4.00. The van der Waals surface area contributed by atoms with Crippen LogP contribution in [-0.4, -0.2) is 37.6 Å². The molecule has 1 fully saturated rings. The molecule has 0 aromatic heterocycles. The number of halogens is 2. The average molecular weight is 426 g/mol. The summed E-state index contributed by atoms with van der Waals surface area (Å²) in [6, 6.07) is 13.6. The molecule has 3 rings (SSSR count). The van der Waals surface area contributed by atoms with Crippen molar-refractivity contribution >= 4 is 36.4 Å². The van der Waals surface area contributed by atoms with E-state index in [1.807, 2.05) is 37.3 Å². The van der Waals surface area contributed by atoms with Crippen LogP contribution in [0, 0.1) is 6.92 Å². The van der Waals surface area contributed by atoms with E-state index in [0.29, 0.717) is 17.8 Å². The van der Waals surface area contributed by atoms with Gasteiger partial charge in [-0.2, -0.15) is 0 Å². The van der Waals surface area contributed by atoms with Crippen LogP contribution in [0.5, 0.6) is 5.75 Å². The van der Waals surface area contributed by atoms with Gasteiger partial charge in [-0.15, -0.1) is 24.8 Å². The van der Waals surface area contributed by atoms with E-state index < -0.39 is 0 Å². The highest BCUT2D eigenvalue weighted by molar-refractivity contribution is 5.96. The van der Waals surface area contributed by atoms with E-state index in [0.717, 1.165) is 30.0 Å². The van der Waals surface area contributed by atoms with Crippen molar-refractivity contribution in [2.45, 2.75) is 25.8 Å². The summed E-state index contributed by atoms with van der Waals surface area (Å²) in [4.78, 5) is 15.1.